The van der Waals surface area contributed by atoms with Crippen LogP contribution in [0.1, 0.15) is 36.1 Å². The zero-order chi connectivity index (χ0) is 14.1. The molecule has 1 nitrogen and oxygen atoms in total. The van der Waals surface area contributed by atoms with Crippen molar-refractivity contribution >= 4 is 33.2 Å². The molecule has 0 aliphatic carbocycles. The molecule has 2 aromatic carbocycles. The number of nitrogens with one attached hydrogen (secondary N) is 1. The highest BCUT2D eigenvalue weighted by Crippen LogP contribution is 2.37. The molecule has 0 fully saturated rings. The van der Waals surface area contributed by atoms with Crippen LogP contribution < -0.4 is 5.32 Å². The number of hydrogen-bond donors (Lipinski definition) is 1. The Balaban J connectivity index is 1.93. The van der Waals surface area contributed by atoms with Crippen LogP contribution in [-0.4, -0.2) is 0 Å². The number of anilines is 1. The van der Waals surface area contributed by atoms with Gasteiger partial charge < -0.3 is 5.32 Å². The average molecular weight is 351 g/mol. The van der Waals surface area contributed by atoms with Crippen molar-refractivity contribution in [2.75, 3.05) is 5.32 Å². The van der Waals surface area contributed by atoms with Crippen molar-refractivity contribution in [3.05, 3.63) is 62.6 Å². The molecule has 1 atom stereocenters. The van der Waals surface area contributed by atoms with Crippen LogP contribution in [0.15, 0.2) is 40.9 Å². The standard InChI is InChI=1S/C17H17BrClN/c1-2-11-9-14(18)10-13-5-8-16(20-17(11)13)12-3-6-15(19)7-4-12/h3-4,6-7,9-10,16,20H,2,5,8H2,1H3. The van der Waals surface area contributed by atoms with E-state index in [4.69, 9.17) is 11.6 Å². The summed E-state index contributed by atoms with van der Waals surface area (Å²) in [5, 5.41) is 4.51. The molecule has 1 aliphatic heterocycles. The Hall–Kier alpha value is -0.990. The van der Waals surface area contributed by atoms with Crippen molar-refractivity contribution in [1.82, 2.24) is 0 Å². The van der Waals surface area contributed by atoms with Gasteiger partial charge in [0.05, 0.1) is 6.04 Å². The third-order valence-corrected chi connectivity index (χ3v) is 4.65. The molecule has 2 aromatic rings. The fourth-order valence-electron chi connectivity index (χ4n) is 2.88. The molecular weight excluding hydrogens is 334 g/mol. The Bertz CT molecular complexity index is 604. The van der Waals surface area contributed by atoms with Crippen molar-refractivity contribution in [3.63, 3.8) is 0 Å². The van der Waals surface area contributed by atoms with E-state index in [1.165, 1.54) is 26.9 Å². The first-order valence-corrected chi connectivity index (χ1v) is 8.17. The summed E-state index contributed by atoms with van der Waals surface area (Å²) >= 11 is 9.58. The molecule has 20 heavy (non-hydrogen) atoms. The highest BCUT2D eigenvalue weighted by atomic mass is 79.9. The SMILES string of the molecule is CCc1cc(Br)cc2c1NC(c1ccc(Cl)cc1)CC2. The molecule has 0 spiro atoms. The van der Waals surface area contributed by atoms with Gasteiger partial charge in [-0.15, -0.1) is 0 Å². The molecule has 3 heteroatoms. The van der Waals surface area contributed by atoms with E-state index in [-0.39, 0.29) is 0 Å². The third-order valence-electron chi connectivity index (χ3n) is 3.94. The van der Waals surface area contributed by atoms with Crippen molar-refractivity contribution in [2.24, 2.45) is 0 Å². The normalized spacial score (nSPS) is 17.4. The topological polar surface area (TPSA) is 12.0 Å². The molecule has 1 aliphatic rings. The van der Waals surface area contributed by atoms with Gasteiger partial charge in [-0.2, -0.15) is 0 Å². The molecule has 0 bridgehead atoms. The first-order valence-electron chi connectivity index (χ1n) is 7.00. The number of halogens is 2. The second-order valence-corrected chi connectivity index (χ2v) is 6.59. The Morgan fingerprint density at radius 1 is 1.25 bits per heavy atom. The third kappa shape index (κ3) is 2.72. The maximum absolute atomic E-state index is 5.97. The molecule has 0 radical (unpaired) electrons. The molecule has 3 rings (SSSR count). The second-order valence-electron chi connectivity index (χ2n) is 5.24. The zero-order valence-electron chi connectivity index (χ0n) is 11.4. The quantitative estimate of drug-likeness (QED) is 0.725. The van der Waals surface area contributed by atoms with E-state index in [2.05, 4.69) is 52.4 Å². The number of aryl methyl sites for hydroxylation is 2. The van der Waals surface area contributed by atoms with Crippen LogP contribution in [0.3, 0.4) is 0 Å². The second kappa shape index (κ2) is 5.79. The number of benzene rings is 2. The molecule has 1 N–H and O–H groups in total. The molecular formula is C17H17BrClN. The van der Waals surface area contributed by atoms with Gasteiger partial charge in [-0.25, -0.2) is 0 Å². The lowest BCUT2D eigenvalue weighted by molar-refractivity contribution is 0.665. The van der Waals surface area contributed by atoms with Crippen molar-refractivity contribution in [3.8, 4) is 0 Å². The van der Waals surface area contributed by atoms with Crippen LogP contribution in [0.5, 0.6) is 0 Å². The highest BCUT2D eigenvalue weighted by Gasteiger charge is 2.21. The fourth-order valence-corrected chi connectivity index (χ4v) is 3.56. The lowest BCUT2D eigenvalue weighted by Crippen LogP contribution is -2.19. The van der Waals surface area contributed by atoms with Gasteiger partial charge in [-0.1, -0.05) is 46.6 Å². The largest absolute Gasteiger partial charge is 0.378 e. The van der Waals surface area contributed by atoms with E-state index >= 15 is 0 Å². The summed E-state index contributed by atoms with van der Waals surface area (Å²) in [5.74, 6) is 0. The van der Waals surface area contributed by atoms with E-state index in [0.29, 0.717) is 6.04 Å². The molecule has 0 amide bonds. The van der Waals surface area contributed by atoms with Crippen LogP contribution in [0, 0.1) is 0 Å². The van der Waals surface area contributed by atoms with E-state index in [1.807, 2.05) is 12.1 Å². The van der Waals surface area contributed by atoms with Crippen LogP contribution in [0.4, 0.5) is 5.69 Å². The van der Waals surface area contributed by atoms with Crippen molar-refractivity contribution in [2.45, 2.75) is 32.2 Å². The van der Waals surface area contributed by atoms with Crippen molar-refractivity contribution in [1.29, 1.82) is 0 Å². The monoisotopic (exact) mass is 349 g/mol. The van der Waals surface area contributed by atoms with Gasteiger partial charge >= 0.3 is 0 Å². The fraction of sp³-hybridized carbons (Fsp3) is 0.294. The molecule has 0 aromatic heterocycles. The summed E-state index contributed by atoms with van der Waals surface area (Å²) < 4.78 is 1.18. The zero-order valence-corrected chi connectivity index (χ0v) is 13.8. The summed E-state index contributed by atoms with van der Waals surface area (Å²) in [6.07, 6.45) is 3.28. The lowest BCUT2D eigenvalue weighted by atomic mass is 9.91. The summed E-state index contributed by atoms with van der Waals surface area (Å²) in [7, 11) is 0. The highest BCUT2D eigenvalue weighted by molar-refractivity contribution is 9.10. The molecule has 0 saturated carbocycles. The van der Waals surface area contributed by atoms with E-state index in [1.54, 1.807) is 0 Å². The van der Waals surface area contributed by atoms with E-state index < -0.39 is 0 Å². The minimum absolute atomic E-state index is 0.381. The Kier molecular flexibility index (Phi) is 4.04. The van der Waals surface area contributed by atoms with Gasteiger partial charge in [0.15, 0.2) is 0 Å². The maximum Gasteiger partial charge on any atom is 0.0517 e. The Labute approximate surface area is 133 Å². The van der Waals surface area contributed by atoms with Gasteiger partial charge in [-0.05, 0) is 60.2 Å². The van der Waals surface area contributed by atoms with Crippen LogP contribution in [-0.2, 0) is 12.8 Å². The summed E-state index contributed by atoms with van der Waals surface area (Å²) in [4.78, 5) is 0. The average Bonchev–Trinajstić information content (AvgIpc) is 2.46. The summed E-state index contributed by atoms with van der Waals surface area (Å²) in [5.41, 5.74) is 5.43. The van der Waals surface area contributed by atoms with Crippen LogP contribution in [0.25, 0.3) is 0 Å². The first-order chi connectivity index (χ1) is 9.67. The number of rotatable bonds is 2. The van der Waals surface area contributed by atoms with Crippen LogP contribution >= 0.6 is 27.5 Å². The van der Waals surface area contributed by atoms with E-state index in [9.17, 15) is 0 Å². The predicted octanol–water partition coefficient (Wildman–Crippen LogP) is 5.76. The van der Waals surface area contributed by atoms with Gasteiger partial charge in [-0.3, -0.25) is 0 Å². The summed E-state index contributed by atoms with van der Waals surface area (Å²) in [6, 6.07) is 13.0. The number of hydrogen-bond acceptors (Lipinski definition) is 1. The van der Waals surface area contributed by atoms with Gasteiger partial charge in [0.1, 0.15) is 0 Å². The summed E-state index contributed by atoms with van der Waals surface area (Å²) in [6.45, 7) is 2.20. The minimum atomic E-state index is 0.381. The Morgan fingerprint density at radius 2 is 2.00 bits per heavy atom. The molecule has 1 unspecified atom stereocenters. The minimum Gasteiger partial charge on any atom is -0.378 e. The predicted molar refractivity (Wildman–Crippen MR) is 89.7 cm³/mol. The number of fused-ring (bicyclic) bond motifs is 1. The van der Waals surface area contributed by atoms with Gasteiger partial charge in [0.25, 0.3) is 0 Å². The smallest absolute Gasteiger partial charge is 0.0517 e. The Morgan fingerprint density at radius 3 is 2.70 bits per heavy atom. The van der Waals surface area contributed by atoms with Crippen LogP contribution in [0.2, 0.25) is 5.02 Å². The van der Waals surface area contributed by atoms with Gasteiger partial charge in [0.2, 0.25) is 0 Å². The molecule has 104 valence electrons. The van der Waals surface area contributed by atoms with Crippen molar-refractivity contribution < 1.29 is 0 Å². The molecule has 1 heterocycles. The van der Waals surface area contributed by atoms with E-state index in [0.717, 1.165) is 24.3 Å². The maximum atomic E-state index is 5.97. The first kappa shape index (κ1) is 14.0. The lowest BCUT2D eigenvalue weighted by Gasteiger charge is -2.29. The molecule has 0 saturated heterocycles. The van der Waals surface area contributed by atoms with Gasteiger partial charge in [0, 0.05) is 15.2 Å².